The molecule has 1 aromatic carbocycles. The molecule has 39 heavy (non-hydrogen) atoms. The van der Waals surface area contributed by atoms with Crippen molar-refractivity contribution in [3.8, 4) is 11.5 Å². The minimum absolute atomic E-state index is 0.136. The number of fused-ring (bicyclic) bond motifs is 1. The van der Waals surface area contributed by atoms with Crippen LogP contribution in [-0.4, -0.2) is 99.6 Å². The predicted octanol–water partition coefficient (Wildman–Crippen LogP) is 3.89. The number of benzene rings is 1. The number of alkyl halides is 3. The van der Waals surface area contributed by atoms with Gasteiger partial charge in [0.2, 0.25) is 0 Å². The summed E-state index contributed by atoms with van der Waals surface area (Å²) in [5, 5.41) is 17.1. The van der Waals surface area contributed by atoms with Crippen LogP contribution in [0.1, 0.15) is 25.7 Å². The predicted molar refractivity (Wildman–Crippen MR) is 136 cm³/mol. The van der Waals surface area contributed by atoms with Crippen molar-refractivity contribution in [1.82, 2.24) is 30.0 Å². The van der Waals surface area contributed by atoms with Gasteiger partial charge in [0.1, 0.15) is 5.82 Å². The minimum Gasteiger partial charge on any atom is -0.475 e. The van der Waals surface area contributed by atoms with E-state index < -0.39 is 12.1 Å². The van der Waals surface area contributed by atoms with Gasteiger partial charge in [0, 0.05) is 45.0 Å². The summed E-state index contributed by atoms with van der Waals surface area (Å²) in [4.78, 5) is 35.5. The van der Waals surface area contributed by atoms with Gasteiger partial charge >= 0.3 is 18.2 Å². The Balaban J connectivity index is 0.000000448. The second-order valence-corrected chi connectivity index (χ2v) is 9.48. The summed E-state index contributed by atoms with van der Waals surface area (Å²) >= 11 is 0. The number of imidazole rings is 1. The van der Waals surface area contributed by atoms with Crippen molar-refractivity contribution in [3.05, 3.63) is 24.1 Å². The SMILES string of the molecule is CN1CCCN(c2cc3[nH]c(-c4n[nH]cc4NC(=O)N4CCCCC4)nc3cc2F)CC1.O=C(O)C(F)(F)F. The maximum Gasteiger partial charge on any atom is 0.490 e. The number of hydrogen-bond acceptors (Lipinski definition) is 6. The lowest BCUT2D eigenvalue weighted by Crippen LogP contribution is -2.38. The van der Waals surface area contributed by atoms with E-state index in [1.165, 1.54) is 6.07 Å². The van der Waals surface area contributed by atoms with E-state index in [-0.39, 0.29) is 11.8 Å². The number of halogens is 4. The molecule has 4 heterocycles. The standard InChI is InChI=1S/C22H29FN8O.C2HF3O2/c1-29-6-5-9-30(11-10-29)19-13-17-16(12-15(19)23)25-21(26-17)20-18(14-24-28-20)27-22(32)31-7-3-2-4-8-31;3-2(4,5)1(6)7/h12-14H,2-11H2,1H3,(H,24,28)(H,25,26)(H,27,32);(H,6,7). The molecular weight excluding hydrogens is 524 g/mol. The molecule has 2 amide bonds. The third kappa shape index (κ3) is 6.96. The Hall–Kier alpha value is -3.88. The lowest BCUT2D eigenvalue weighted by atomic mass is 10.1. The molecule has 5 rings (SSSR count). The Morgan fingerprint density at radius 1 is 1.03 bits per heavy atom. The van der Waals surface area contributed by atoms with Crippen molar-refractivity contribution >= 4 is 34.4 Å². The number of urea groups is 1. The number of carbonyl (C=O) groups excluding carboxylic acids is 1. The van der Waals surface area contributed by atoms with Gasteiger partial charge < -0.3 is 30.1 Å². The maximum absolute atomic E-state index is 14.9. The molecule has 2 aliphatic rings. The number of carboxylic acid groups (broad SMARTS) is 1. The third-order valence-electron chi connectivity index (χ3n) is 6.60. The van der Waals surface area contributed by atoms with Gasteiger partial charge in [-0.1, -0.05) is 0 Å². The number of aromatic nitrogens is 4. The summed E-state index contributed by atoms with van der Waals surface area (Å²) in [6.07, 6.45) is 0.763. The number of amides is 2. The Morgan fingerprint density at radius 2 is 1.74 bits per heavy atom. The molecule has 15 heteroatoms. The molecule has 3 aromatic rings. The van der Waals surface area contributed by atoms with E-state index in [9.17, 15) is 22.4 Å². The molecular formula is C24H30F4N8O3. The van der Waals surface area contributed by atoms with Gasteiger partial charge in [-0.05, 0) is 45.3 Å². The fourth-order valence-electron chi connectivity index (χ4n) is 4.52. The van der Waals surface area contributed by atoms with Gasteiger partial charge in [0.05, 0.1) is 22.4 Å². The van der Waals surface area contributed by atoms with Crippen molar-refractivity contribution in [2.24, 2.45) is 0 Å². The van der Waals surface area contributed by atoms with Gasteiger partial charge in [-0.15, -0.1) is 0 Å². The van der Waals surface area contributed by atoms with Crippen LogP contribution in [-0.2, 0) is 4.79 Å². The number of rotatable bonds is 3. The Labute approximate surface area is 221 Å². The molecule has 2 aromatic heterocycles. The van der Waals surface area contributed by atoms with Gasteiger partial charge in [0.25, 0.3) is 0 Å². The zero-order valence-corrected chi connectivity index (χ0v) is 21.3. The normalized spacial score (nSPS) is 16.9. The number of aromatic amines is 2. The number of piperidine rings is 1. The molecule has 0 unspecified atom stereocenters. The number of likely N-dealkylation sites (tertiary alicyclic amines) is 1. The summed E-state index contributed by atoms with van der Waals surface area (Å²) in [7, 11) is 2.09. The highest BCUT2D eigenvalue weighted by Crippen LogP contribution is 2.30. The van der Waals surface area contributed by atoms with E-state index in [4.69, 9.17) is 9.90 Å². The molecule has 0 spiro atoms. The summed E-state index contributed by atoms with van der Waals surface area (Å²) in [6.45, 7) is 5.04. The molecule has 2 saturated heterocycles. The second-order valence-electron chi connectivity index (χ2n) is 9.48. The monoisotopic (exact) mass is 554 g/mol. The lowest BCUT2D eigenvalue weighted by Gasteiger charge is -2.26. The molecule has 0 aliphatic carbocycles. The summed E-state index contributed by atoms with van der Waals surface area (Å²) < 4.78 is 46.7. The fourth-order valence-corrected chi connectivity index (χ4v) is 4.52. The van der Waals surface area contributed by atoms with Crippen LogP contribution >= 0.6 is 0 Å². The average molecular weight is 555 g/mol. The molecule has 11 nitrogen and oxygen atoms in total. The molecule has 0 atom stereocenters. The van der Waals surface area contributed by atoms with E-state index in [0.29, 0.717) is 28.4 Å². The number of nitrogens with one attached hydrogen (secondary N) is 3. The van der Waals surface area contributed by atoms with Crippen molar-refractivity contribution in [2.75, 3.05) is 56.5 Å². The van der Waals surface area contributed by atoms with Crippen LogP contribution in [0.15, 0.2) is 18.3 Å². The van der Waals surface area contributed by atoms with Gasteiger partial charge in [-0.3, -0.25) is 5.10 Å². The molecule has 2 aliphatic heterocycles. The Kier molecular flexibility index (Phi) is 8.57. The van der Waals surface area contributed by atoms with Crippen LogP contribution in [0.25, 0.3) is 22.6 Å². The number of likely N-dealkylation sites (N-methyl/N-ethyl adjacent to an activating group) is 1. The lowest BCUT2D eigenvalue weighted by molar-refractivity contribution is -0.192. The largest absolute Gasteiger partial charge is 0.490 e. The van der Waals surface area contributed by atoms with E-state index in [0.717, 1.165) is 70.5 Å². The first-order chi connectivity index (χ1) is 18.5. The second kappa shape index (κ2) is 11.9. The van der Waals surface area contributed by atoms with Crippen molar-refractivity contribution < 1.29 is 32.3 Å². The zero-order chi connectivity index (χ0) is 28.2. The highest BCUT2D eigenvalue weighted by molar-refractivity contribution is 5.93. The first-order valence-electron chi connectivity index (χ1n) is 12.6. The molecule has 0 bridgehead atoms. The number of H-pyrrole nitrogens is 2. The fraction of sp³-hybridized carbons (Fsp3) is 0.500. The van der Waals surface area contributed by atoms with E-state index in [2.05, 4.69) is 42.3 Å². The van der Waals surface area contributed by atoms with E-state index >= 15 is 0 Å². The molecule has 212 valence electrons. The highest BCUT2D eigenvalue weighted by Gasteiger charge is 2.38. The van der Waals surface area contributed by atoms with Gasteiger partial charge in [-0.25, -0.2) is 19.0 Å². The van der Waals surface area contributed by atoms with Crippen molar-refractivity contribution in [1.29, 1.82) is 0 Å². The zero-order valence-electron chi connectivity index (χ0n) is 21.3. The van der Waals surface area contributed by atoms with Crippen LogP contribution in [0.2, 0.25) is 0 Å². The number of carboxylic acids is 1. The van der Waals surface area contributed by atoms with Gasteiger partial charge in [0.15, 0.2) is 11.5 Å². The minimum atomic E-state index is -5.08. The van der Waals surface area contributed by atoms with Crippen LogP contribution in [0, 0.1) is 5.82 Å². The summed E-state index contributed by atoms with van der Waals surface area (Å²) in [5.74, 6) is -2.55. The number of nitrogens with zero attached hydrogens (tertiary/aromatic N) is 5. The Bertz CT molecular complexity index is 1300. The number of hydrogen-bond donors (Lipinski definition) is 4. The maximum atomic E-state index is 14.9. The first kappa shape index (κ1) is 28.1. The highest BCUT2D eigenvalue weighted by atomic mass is 19.4. The van der Waals surface area contributed by atoms with Crippen LogP contribution < -0.4 is 10.2 Å². The number of aliphatic carboxylic acids is 1. The summed E-state index contributed by atoms with van der Waals surface area (Å²) in [5.41, 5.74) is 2.92. The van der Waals surface area contributed by atoms with E-state index in [1.54, 1.807) is 6.20 Å². The quantitative estimate of drug-likeness (QED) is 0.361. The van der Waals surface area contributed by atoms with E-state index in [1.807, 2.05) is 11.0 Å². The van der Waals surface area contributed by atoms with Crippen molar-refractivity contribution in [3.63, 3.8) is 0 Å². The molecule has 4 N–H and O–H groups in total. The number of carbonyl (C=O) groups is 2. The third-order valence-corrected chi connectivity index (χ3v) is 6.60. The topological polar surface area (TPSA) is 133 Å². The number of anilines is 2. The molecule has 0 saturated carbocycles. The van der Waals surface area contributed by atoms with Gasteiger partial charge in [-0.2, -0.15) is 18.3 Å². The first-order valence-corrected chi connectivity index (χ1v) is 12.6. The van der Waals surface area contributed by atoms with Crippen LogP contribution in [0.4, 0.5) is 33.7 Å². The molecule has 2 fully saturated rings. The van der Waals surface area contributed by atoms with Crippen molar-refractivity contribution in [2.45, 2.75) is 31.9 Å². The van der Waals surface area contributed by atoms with Crippen LogP contribution in [0.5, 0.6) is 0 Å². The average Bonchev–Trinajstić information content (AvgIpc) is 3.46. The Morgan fingerprint density at radius 3 is 2.44 bits per heavy atom. The molecule has 0 radical (unpaired) electrons. The van der Waals surface area contributed by atoms with Crippen LogP contribution in [0.3, 0.4) is 0 Å². The smallest absolute Gasteiger partial charge is 0.475 e. The summed E-state index contributed by atoms with van der Waals surface area (Å²) in [6, 6.07) is 3.16.